The van der Waals surface area contributed by atoms with Gasteiger partial charge < -0.3 is 14.5 Å². The second kappa shape index (κ2) is 8.89. The van der Waals surface area contributed by atoms with E-state index in [2.05, 4.69) is 10.00 Å². The smallest absolute Gasteiger partial charge is 0.416 e. The van der Waals surface area contributed by atoms with Gasteiger partial charge in [0.25, 0.3) is 5.91 Å². The van der Waals surface area contributed by atoms with Crippen LogP contribution in [0.5, 0.6) is 5.88 Å². The van der Waals surface area contributed by atoms with Gasteiger partial charge in [-0.3, -0.25) is 9.69 Å². The van der Waals surface area contributed by atoms with Gasteiger partial charge in [-0.25, -0.2) is 4.68 Å². The fraction of sp³-hybridized carbons (Fsp3) is 0.565. The van der Waals surface area contributed by atoms with Crippen LogP contribution in [-0.4, -0.2) is 77.4 Å². The summed E-state index contributed by atoms with van der Waals surface area (Å²) in [4.78, 5) is 19.2. The van der Waals surface area contributed by atoms with Crippen molar-refractivity contribution in [2.45, 2.75) is 38.0 Å². The van der Waals surface area contributed by atoms with Gasteiger partial charge in [-0.15, -0.1) is 0 Å². The molecule has 0 radical (unpaired) electrons. The first-order valence-electron chi connectivity index (χ1n) is 11.5. The van der Waals surface area contributed by atoms with Crippen LogP contribution in [0, 0.1) is 0 Å². The van der Waals surface area contributed by atoms with Crippen LogP contribution in [0.4, 0.5) is 18.9 Å². The third-order valence-electron chi connectivity index (χ3n) is 6.85. The Balaban J connectivity index is 1.13. The number of aryl methyl sites for hydroxylation is 1. The Hall–Kier alpha value is -2.75. The molecule has 1 aromatic heterocycles. The molecule has 3 aliphatic rings. The first-order chi connectivity index (χ1) is 15.9. The molecule has 4 heterocycles. The van der Waals surface area contributed by atoms with E-state index < -0.39 is 11.7 Å². The molecule has 0 unspecified atom stereocenters. The Labute approximate surface area is 190 Å². The Morgan fingerprint density at radius 3 is 2.45 bits per heavy atom. The zero-order valence-electron chi connectivity index (χ0n) is 18.4. The second-order valence-corrected chi connectivity index (χ2v) is 8.89. The van der Waals surface area contributed by atoms with Crippen LogP contribution in [0.25, 0.3) is 0 Å². The molecule has 7 nitrogen and oxygen atoms in total. The summed E-state index contributed by atoms with van der Waals surface area (Å²) in [5.41, 5.74) is 0.460. The van der Waals surface area contributed by atoms with Gasteiger partial charge >= 0.3 is 6.18 Å². The SMILES string of the molecule is O=C(c1cc2n(n1)CCCO2)N1CCC(N2CCN(c3cccc(C(F)(F)F)c3)CC2)CC1. The summed E-state index contributed by atoms with van der Waals surface area (Å²) in [5.74, 6) is 0.617. The number of halogens is 3. The van der Waals surface area contributed by atoms with Crippen molar-refractivity contribution in [3.05, 3.63) is 41.6 Å². The van der Waals surface area contributed by atoms with Crippen molar-refractivity contribution in [3.8, 4) is 5.88 Å². The van der Waals surface area contributed by atoms with Crippen LogP contribution in [0.3, 0.4) is 0 Å². The number of benzene rings is 1. The first kappa shape index (κ1) is 22.1. The van der Waals surface area contributed by atoms with Gasteiger partial charge in [-0.1, -0.05) is 6.07 Å². The van der Waals surface area contributed by atoms with Crippen LogP contribution >= 0.6 is 0 Å². The Bertz CT molecular complexity index is 969. The number of hydrogen-bond donors (Lipinski definition) is 0. The van der Waals surface area contributed by atoms with Gasteiger partial charge in [0.2, 0.25) is 5.88 Å². The molecule has 1 aromatic carbocycles. The molecule has 2 fully saturated rings. The molecule has 10 heteroatoms. The number of fused-ring (bicyclic) bond motifs is 1. The molecule has 0 bridgehead atoms. The quantitative estimate of drug-likeness (QED) is 0.700. The Morgan fingerprint density at radius 1 is 1.00 bits per heavy atom. The lowest BCUT2D eigenvalue weighted by molar-refractivity contribution is -0.137. The van der Waals surface area contributed by atoms with Gasteiger partial charge in [0, 0.05) is 70.0 Å². The van der Waals surface area contributed by atoms with Crippen LogP contribution < -0.4 is 9.64 Å². The number of aromatic nitrogens is 2. The van der Waals surface area contributed by atoms with E-state index in [1.807, 2.05) is 9.80 Å². The fourth-order valence-electron chi connectivity index (χ4n) is 4.99. The number of hydrogen-bond acceptors (Lipinski definition) is 5. The van der Waals surface area contributed by atoms with Crippen LogP contribution in [0.2, 0.25) is 0 Å². The molecule has 1 amide bonds. The van der Waals surface area contributed by atoms with Crippen molar-refractivity contribution >= 4 is 11.6 Å². The van der Waals surface area contributed by atoms with Crippen molar-refractivity contribution < 1.29 is 22.7 Å². The second-order valence-electron chi connectivity index (χ2n) is 8.89. The largest absolute Gasteiger partial charge is 0.478 e. The van der Waals surface area contributed by atoms with Crippen molar-refractivity contribution in [3.63, 3.8) is 0 Å². The van der Waals surface area contributed by atoms with Crippen LogP contribution in [0.1, 0.15) is 35.3 Å². The standard InChI is InChI=1S/C23H28F3N5O2/c24-23(25,26)17-3-1-4-19(15-17)29-12-10-28(11-13-29)18-5-8-30(9-6-18)22(32)20-16-21-31(27-20)7-2-14-33-21/h1,3-4,15-16,18H,2,5-14H2. The highest BCUT2D eigenvalue weighted by molar-refractivity contribution is 5.92. The highest BCUT2D eigenvalue weighted by Crippen LogP contribution is 2.32. The zero-order valence-corrected chi connectivity index (χ0v) is 18.4. The number of piperidine rings is 1. The molecule has 2 saturated heterocycles. The maximum Gasteiger partial charge on any atom is 0.416 e. The lowest BCUT2D eigenvalue weighted by Crippen LogP contribution is -2.53. The lowest BCUT2D eigenvalue weighted by Gasteiger charge is -2.43. The van der Waals surface area contributed by atoms with E-state index in [0.29, 0.717) is 56.1 Å². The Kier molecular flexibility index (Phi) is 5.94. The predicted molar refractivity (Wildman–Crippen MR) is 116 cm³/mol. The third kappa shape index (κ3) is 4.66. The van der Waals surface area contributed by atoms with Gasteiger partial charge in [0.05, 0.1) is 12.2 Å². The summed E-state index contributed by atoms with van der Waals surface area (Å²) >= 11 is 0. The minimum absolute atomic E-state index is 0.0479. The van der Waals surface area contributed by atoms with E-state index in [4.69, 9.17) is 4.74 Å². The Morgan fingerprint density at radius 2 is 1.76 bits per heavy atom. The summed E-state index contributed by atoms with van der Waals surface area (Å²) in [5, 5.41) is 4.41. The number of carbonyl (C=O) groups is 1. The number of likely N-dealkylation sites (tertiary alicyclic amines) is 1. The summed E-state index contributed by atoms with van der Waals surface area (Å²) in [6, 6.07) is 7.68. The molecule has 33 heavy (non-hydrogen) atoms. The predicted octanol–water partition coefficient (Wildman–Crippen LogP) is 3.11. The van der Waals surface area contributed by atoms with Crippen molar-refractivity contribution in [2.24, 2.45) is 0 Å². The molecule has 5 rings (SSSR count). The zero-order chi connectivity index (χ0) is 23.0. The monoisotopic (exact) mass is 463 g/mol. The maximum absolute atomic E-state index is 13.0. The number of rotatable bonds is 3. The fourth-order valence-corrected chi connectivity index (χ4v) is 4.99. The topological polar surface area (TPSA) is 53.8 Å². The van der Waals surface area contributed by atoms with E-state index in [-0.39, 0.29) is 5.91 Å². The molecule has 0 atom stereocenters. The number of piperazine rings is 1. The van der Waals surface area contributed by atoms with Gasteiger partial charge in [-0.05, 0) is 31.0 Å². The molecule has 0 saturated carbocycles. The number of alkyl halides is 3. The van der Waals surface area contributed by atoms with E-state index in [0.717, 1.165) is 45.0 Å². The van der Waals surface area contributed by atoms with E-state index >= 15 is 0 Å². The average molecular weight is 464 g/mol. The van der Waals surface area contributed by atoms with E-state index in [1.165, 1.54) is 12.1 Å². The summed E-state index contributed by atoms with van der Waals surface area (Å²) in [7, 11) is 0. The molecule has 0 spiro atoms. The molecule has 0 N–H and O–H groups in total. The molecule has 0 aliphatic carbocycles. The molecular weight excluding hydrogens is 435 g/mol. The van der Waals surface area contributed by atoms with Crippen molar-refractivity contribution in [1.82, 2.24) is 19.6 Å². The van der Waals surface area contributed by atoms with E-state index in [1.54, 1.807) is 16.8 Å². The van der Waals surface area contributed by atoms with Crippen molar-refractivity contribution in [1.29, 1.82) is 0 Å². The van der Waals surface area contributed by atoms with Crippen LogP contribution in [0.15, 0.2) is 30.3 Å². The minimum atomic E-state index is -4.33. The number of anilines is 1. The molecule has 2 aromatic rings. The minimum Gasteiger partial charge on any atom is -0.478 e. The normalized spacial score (nSPS) is 20.5. The summed E-state index contributed by atoms with van der Waals surface area (Å²) in [6.45, 7) is 5.80. The summed E-state index contributed by atoms with van der Waals surface area (Å²) in [6.07, 6.45) is -1.65. The highest BCUT2D eigenvalue weighted by Gasteiger charge is 2.33. The number of amides is 1. The summed E-state index contributed by atoms with van der Waals surface area (Å²) < 4.78 is 46.4. The number of carbonyl (C=O) groups excluding carboxylic acids is 1. The van der Waals surface area contributed by atoms with Gasteiger partial charge in [-0.2, -0.15) is 18.3 Å². The molecule has 3 aliphatic heterocycles. The lowest BCUT2D eigenvalue weighted by atomic mass is 10.0. The average Bonchev–Trinajstić information content (AvgIpc) is 3.28. The van der Waals surface area contributed by atoms with Crippen LogP contribution in [-0.2, 0) is 12.7 Å². The number of nitrogens with zero attached hydrogens (tertiary/aromatic N) is 5. The van der Waals surface area contributed by atoms with E-state index in [9.17, 15) is 18.0 Å². The first-order valence-corrected chi connectivity index (χ1v) is 11.5. The number of ether oxygens (including phenoxy) is 1. The van der Waals surface area contributed by atoms with Crippen molar-refractivity contribution in [2.75, 3.05) is 50.8 Å². The van der Waals surface area contributed by atoms with Gasteiger partial charge in [0.15, 0.2) is 5.69 Å². The van der Waals surface area contributed by atoms with Gasteiger partial charge in [0.1, 0.15) is 0 Å². The third-order valence-corrected chi connectivity index (χ3v) is 6.85. The molecular formula is C23H28F3N5O2. The highest BCUT2D eigenvalue weighted by atomic mass is 19.4. The molecule has 178 valence electrons. The maximum atomic E-state index is 13.0.